The Labute approximate surface area is 181 Å². The van der Waals surface area contributed by atoms with Crippen LogP contribution in [0.1, 0.15) is 12.5 Å². The largest absolute Gasteiger partial charge is 0.496 e. The van der Waals surface area contributed by atoms with Gasteiger partial charge in [0, 0.05) is 50.0 Å². The monoisotopic (exact) mass is 429 g/mol. The summed E-state index contributed by atoms with van der Waals surface area (Å²) in [7, 11) is 1.59. The predicted octanol–water partition coefficient (Wildman–Crippen LogP) is 2.75. The number of nitrogens with zero attached hydrogens (tertiary/aromatic N) is 2. The second-order valence-corrected chi connectivity index (χ2v) is 7.79. The molecule has 8 heteroatoms. The summed E-state index contributed by atoms with van der Waals surface area (Å²) in [6.45, 7) is 6.68. The van der Waals surface area contributed by atoms with Gasteiger partial charge < -0.3 is 19.5 Å². The fourth-order valence-corrected chi connectivity index (χ4v) is 3.95. The van der Waals surface area contributed by atoms with Crippen molar-refractivity contribution in [2.75, 3.05) is 51.8 Å². The van der Waals surface area contributed by atoms with Crippen LogP contribution in [0.15, 0.2) is 36.4 Å². The number of hydrogen-bond donors (Lipinski definition) is 1. The lowest BCUT2D eigenvalue weighted by molar-refractivity contribution is -0.121. The van der Waals surface area contributed by atoms with Crippen molar-refractivity contribution in [2.45, 2.75) is 19.5 Å². The van der Waals surface area contributed by atoms with Crippen molar-refractivity contribution in [3.63, 3.8) is 0 Å². The van der Waals surface area contributed by atoms with Gasteiger partial charge in [-0.1, -0.05) is 0 Å². The number of carbonyl (C=O) groups is 1. The van der Waals surface area contributed by atoms with Gasteiger partial charge >= 0.3 is 0 Å². The maximum atomic E-state index is 13.6. The molecule has 2 aromatic rings. The van der Waals surface area contributed by atoms with Gasteiger partial charge in [0.2, 0.25) is 5.91 Å². The normalized spacial score (nSPS) is 17.8. The van der Waals surface area contributed by atoms with Gasteiger partial charge in [0.25, 0.3) is 0 Å². The summed E-state index contributed by atoms with van der Waals surface area (Å²) >= 11 is 0. The molecule has 31 heavy (non-hydrogen) atoms. The first-order valence-corrected chi connectivity index (χ1v) is 10.5. The van der Waals surface area contributed by atoms with Crippen LogP contribution in [0.4, 0.5) is 10.1 Å². The van der Waals surface area contributed by atoms with Crippen LogP contribution in [0, 0.1) is 5.82 Å². The van der Waals surface area contributed by atoms with E-state index in [0.29, 0.717) is 42.7 Å². The van der Waals surface area contributed by atoms with Crippen LogP contribution in [0.3, 0.4) is 0 Å². The van der Waals surface area contributed by atoms with Gasteiger partial charge in [0.05, 0.1) is 13.2 Å². The highest BCUT2D eigenvalue weighted by atomic mass is 19.1. The molecule has 2 heterocycles. The number of hydrogen-bond acceptors (Lipinski definition) is 6. The van der Waals surface area contributed by atoms with Gasteiger partial charge in [0.1, 0.15) is 24.8 Å². The highest BCUT2D eigenvalue weighted by Crippen LogP contribution is 2.32. The second kappa shape index (κ2) is 9.53. The first-order valence-electron chi connectivity index (χ1n) is 10.5. The number of methoxy groups -OCH3 is 1. The molecular weight excluding hydrogens is 401 g/mol. The summed E-state index contributed by atoms with van der Waals surface area (Å²) in [5, 5.41) is 2.97. The molecule has 1 amide bonds. The van der Waals surface area contributed by atoms with Crippen LogP contribution >= 0.6 is 0 Å². The maximum Gasteiger partial charge on any atom is 0.241 e. The fourth-order valence-electron chi connectivity index (χ4n) is 3.95. The maximum absolute atomic E-state index is 13.6. The number of nitrogens with one attached hydrogen (secondary N) is 1. The molecule has 0 bridgehead atoms. The second-order valence-electron chi connectivity index (χ2n) is 7.79. The highest BCUT2D eigenvalue weighted by Gasteiger charge is 2.26. The smallest absolute Gasteiger partial charge is 0.241 e. The van der Waals surface area contributed by atoms with Gasteiger partial charge in [-0.3, -0.25) is 14.6 Å². The Kier molecular flexibility index (Phi) is 6.58. The Morgan fingerprint density at radius 1 is 1.10 bits per heavy atom. The number of halogens is 1. The molecule has 1 unspecified atom stereocenters. The Morgan fingerprint density at radius 3 is 2.58 bits per heavy atom. The van der Waals surface area contributed by atoms with Crippen molar-refractivity contribution in [3.8, 4) is 17.2 Å². The highest BCUT2D eigenvalue weighted by molar-refractivity contribution is 5.94. The van der Waals surface area contributed by atoms with Crippen molar-refractivity contribution in [3.05, 3.63) is 47.8 Å². The molecule has 7 nitrogen and oxygen atoms in total. The molecule has 0 saturated carbocycles. The Morgan fingerprint density at radius 2 is 1.84 bits per heavy atom. The topological polar surface area (TPSA) is 63.3 Å². The third-order valence-corrected chi connectivity index (χ3v) is 5.78. The van der Waals surface area contributed by atoms with E-state index in [4.69, 9.17) is 14.2 Å². The van der Waals surface area contributed by atoms with Gasteiger partial charge in [-0.25, -0.2) is 4.39 Å². The van der Waals surface area contributed by atoms with Crippen molar-refractivity contribution < 1.29 is 23.4 Å². The molecular formula is C23H28FN3O4. The number of benzene rings is 2. The number of rotatable bonds is 6. The molecule has 2 aliphatic rings. The number of carbonyl (C=O) groups excluding carboxylic acids is 1. The minimum atomic E-state index is -0.265. The lowest BCUT2D eigenvalue weighted by atomic mass is 10.1. The zero-order chi connectivity index (χ0) is 21.8. The van der Waals surface area contributed by atoms with Gasteiger partial charge in [-0.05, 0) is 37.3 Å². The van der Waals surface area contributed by atoms with Crippen LogP contribution in [-0.2, 0) is 11.3 Å². The minimum absolute atomic E-state index is 0.0584. The van der Waals surface area contributed by atoms with Gasteiger partial charge in [0.15, 0.2) is 11.5 Å². The van der Waals surface area contributed by atoms with E-state index in [9.17, 15) is 9.18 Å². The molecule has 2 aliphatic heterocycles. The van der Waals surface area contributed by atoms with Gasteiger partial charge in [-0.2, -0.15) is 0 Å². The first kappa shape index (κ1) is 21.4. The summed E-state index contributed by atoms with van der Waals surface area (Å²) in [5.74, 6) is 1.72. The average molecular weight is 429 g/mol. The van der Waals surface area contributed by atoms with E-state index in [1.54, 1.807) is 19.2 Å². The van der Waals surface area contributed by atoms with Crippen LogP contribution < -0.4 is 19.5 Å². The number of fused-ring (bicyclic) bond motifs is 1. The quantitative estimate of drug-likeness (QED) is 0.762. The van der Waals surface area contributed by atoms with Crippen molar-refractivity contribution in [2.24, 2.45) is 0 Å². The lowest BCUT2D eigenvalue weighted by Gasteiger charge is -2.37. The van der Waals surface area contributed by atoms with Crippen LogP contribution in [0.5, 0.6) is 17.2 Å². The van der Waals surface area contributed by atoms with E-state index in [-0.39, 0.29) is 17.8 Å². The number of piperazine rings is 1. The van der Waals surface area contributed by atoms with Crippen molar-refractivity contribution in [1.82, 2.24) is 9.80 Å². The summed E-state index contributed by atoms with van der Waals surface area (Å²) in [5.41, 5.74) is 1.53. The summed E-state index contributed by atoms with van der Waals surface area (Å²) in [6, 6.07) is 9.75. The van der Waals surface area contributed by atoms with E-state index in [0.717, 1.165) is 31.7 Å². The summed E-state index contributed by atoms with van der Waals surface area (Å²) < 4.78 is 30.1. The summed E-state index contributed by atoms with van der Waals surface area (Å²) in [4.78, 5) is 17.2. The molecule has 0 aromatic heterocycles. The molecule has 1 atom stereocenters. The molecule has 2 aromatic carbocycles. The van der Waals surface area contributed by atoms with Crippen LogP contribution in [0.2, 0.25) is 0 Å². The fraction of sp³-hybridized carbons (Fsp3) is 0.435. The molecule has 1 fully saturated rings. The third-order valence-electron chi connectivity index (χ3n) is 5.78. The minimum Gasteiger partial charge on any atom is -0.496 e. The molecule has 4 rings (SSSR count). The molecule has 0 radical (unpaired) electrons. The third kappa shape index (κ3) is 5.08. The zero-order valence-electron chi connectivity index (χ0n) is 17.9. The molecule has 1 saturated heterocycles. The predicted molar refractivity (Wildman–Crippen MR) is 115 cm³/mol. The molecule has 0 aliphatic carbocycles. The van der Waals surface area contributed by atoms with E-state index in [1.807, 2.05) is 19.1 Å². The number of amides is 1. The summed E-state index contributed by atoms with van der Waals surface area (Å²) in [6.07, 6.45) is 0. The van der Waals surface area contributed by atoms with Crippen molar-refractivity contribution >= 4 is 11.6 Å². The number of ether oxygens (including phenoxy) is 3. The molecule has 1 N–H and O–H groups in total. The standard InChI is InChI=1S/C23H28FN3O4/c1-16(23(28)25-19-4-6-21-22(14-19)31-12-11-30-21)27-9-7-26(8-10-27)15-17-13-18(24)3-5-20(17)29-2/h3-6,13-14,16H,7-12,15H2,1-2H3,(H,25,28). The van der Waals surface area contributed by atoms with E-state index < -0.39 is 0 Å². The van der Waals surface area contributed by atoms with E-state index >= 15 is 0 Å². The molecule has 166 valence electrons. The SMILES string of the molecule is COc1ccc(F)cc1CN1CCN(C(C)C(=O)Nc2ccc3c(c2)OCCO3)CC1. The lowest BCUT2D eigenvalue weighted by Crippen LogP contribution is -2.52. The molecule has 0 spiro atoms. The average Bonchev–Trinajstić information content (AvgIpc) is 2.79. The van der Waals surface area contributed by atoms with Gasteiger partial charge in [-0.15, -0.1) is 0 Å². The Bertz CT molecular complexity index is 931. The van der Waals surface area contributed by atoms with Crippen molar-refractivity contribution in [1.29, 1.82) is 0 Å². The first-order chi connectivity index (χ1) is 15.0. The Hall–Kier alpha value is -2.84. The number of anilines is 1. The zero-order valence-corrected chi connectivity index (χ0v) is 17.9. The van der Waals surface area contributed by atoms with Crippen LogP contribution in [-0.4, -0.2) is 68.3 Å². The van der Waals surface area contributed by atoms with Crippen LogP contribution in [0.25, 0.3) is 0 Å². The van der Waals surface area contributed by atoms with E-state index in [2.05, 4.69) is 15.1 Å². The Balaban J connectivity index is 1.30. The van der Waals surface area contributed by atoms with E-state index in [1.165, 1.54) is 12.1 Å².